The summed E-state index contributed by atoms with van der Waals surface area (Å²) in [6.45, 7) is 9.44. The summed E-state index contributed by atoms with van der Waals surface area (Å²) in [5.41, 5.74) is 0.799. The summed E-state index contributed by atoms with van der Waals surface area (Å²) in [6.07, 6.45) is 2.35. The number of oxazole rings is 1. The van der Waals surface area contributed by atoms with Crippen LogP contribution in [0.25, 0.3) is 11.5 Å². The van der Waals surface area contributed by atoms with Crippen LogP contribution in [0.15, 0.2) is 28.7 Å². The van der Waals surface area contributed by atoms with Crippen molar-refractivity contribution in [2.24, 2.45) is 5.92 Å². The molecule has 1 aromatic heterocycles. The van der Waals surface area contributed by atoms with E-state index < -0.39 is 7.60 Å². The molecule has 0 atom stereocenters. The summed E-state index contributed by atoms with van der Waals surface area (Å²) < 4.78 is 30.8. The van der Waals surface area contributed by atoms with Crippen LogP contribution < -0.4 is 10.8 Å². The molecule has 0 fully saturated rings. The van der Waals surface area contributed by atoms with E-state index in [1.54, 1.807) is 12.1 Å². The SMILES string of the molecule is CCCOP(=O)(OCCC)c1nc(-c2ccccc2Cl)oc1NCCC(C)C. The Bertz CT molecular complexity index is 782. The first-order valence-electron chi connectivity index (χ1n) is 9.80. The van der Waals surface area contributed by atoms with Crippen molar-refractivity contribution in [2.75, 3.05) is 25.1 Å². The summed E-state index contributed by atoms with van der Waals surface area (Å²) in [5, 5.41) is 3.71. The van der Waals surface area contributed by atoms with E-state index in [0.717, 1.165) is 6.42 Å². The Kier molecular flexibility index (Phi) is 9.03. The van der Waals surface area contributed by atoms with Crippen LogP contribution in [-0.4, -0.2) is 24.7 Å². The molecule has 0 radical (unpaired) electrons. The molecule has 2 rings (SSSR count). The van der Waals surface area contributed by atoms with Gasteiger partial charge in [0.2, 0.25) is 17.2 Å². The van der Waals surface area contributed by atoms with E-state index in [0.29, 0.717) is 55.0 Å². The van der Waals surface area contributed by atoms with Crippen molar-refractivity contribution in [3.05, 3.63) is 29.3 Å². The summed E-state index contributed by atoms with van der Waals surface area (Å²) in [4.78, 5) is 4.49. The fourth-order valence-electron chi connectivity index (χ4n) is 2.42. The Morgan fingerprint density at radius 1 is 1.18 bits per heavy atom. The fraction of sp³-hybridized carbons (Fsp3) is 0.550. The highest BCUT2D eigenvalue weighted by Gasteiger charge is 2.36. The number of rotatable bonds is 12. The maximum Gasteiger partial charge on any atom is 0.385 e. The maximum absolute atomic E-state index is 13.5. The van der Waals surface area contributed by atoms with Crippen LogP contribution in [0.5, 0.6) is 0 Å². The third-order valence-electron chi connectivity index (χ3n) is 3.91. The smallest absolute Gasteiger partial charge is 0.385 e. The first-order chi connectivity index (χ1) is 13.4. The van der Waals surface area contributed by atoms with Crippen LogP contribution in [0.4, 0.5) is 5.88 Å². The minimum Gasteiger partial charge on any atom is -0.420 e. The van der Waals surface area contributed by atoms with Crippen LogP contribution >= 0.6 is 19.2 Å². The van der Waals surface area contributed by atoms with Gasteiger partial charge in [0, 0.05) is 6.54 Å². The Balaban J connectivity index is 2.45. The molecule has 0 aliphatic rings. The van der Waals surface area contributed by atoms with Crippen LogP contribution in [-0.2, 0) is 13.6 Å². The molecule has 156 valence electrons. The molecule has 0 spiro atoms. The molecule has 28 heavy (non-hydrogen) atoms. The zero-order valence-corrected chi connectivity index (χ0v) is 18.7. The van der Waals surface area contributed by atoms with Gasteiger partial charge in [-0.1, -0.05) is 51.4 Å². The van der Waals surface area contributed by atoms with Gasteiger partial charge in [0.1, 0.15) is 0 Å². The standard InChI is InChI=1S/C20H30ClN2O4P/c1-5-13-25-28(24,26-14-6-2)20-19(22-12-11-15(3)4)27-18(23-20)16-9-7-8-10-17(16)21/h7-10,15,22H,5-6,11-14H2,1-4H3. The van der Waals surface area contributed by atoms with E-state index in [-0.39, 0.29) is 11.3 Å². The first kappa shape index (κ1) is 23.0. The number of halogens is 1. The van der Waals surface area contributed by atoms with E-state index in [1.165, 1.54) is 0 Å². The lowest BCUT2D eigenvalue weighted by Crippen LogP contribution is -2.18. The summed E-state index contributed by atoms with van der Waals surface area (Å²) >= 11 is 6.30. The molecule has 8 heteroatoms. The molecule has 6 nitrogen and oxygen atoms in total. The van der Waals surface area contributed by atoms with E-state index in [4.69, 9.17) is 25.1 Å². The second-order valence-electron chi connectivity index (χ2n) is 6.92. The zero-order valence-electron chi connectivity index (χ0n) is 17.0. The molecule has 1 heterocycles. The molecule has 0 aliphatic heterocycles. The van der Waals surface area contributed by atoms with Crippen molar-refractivity contribution in [2.45, 2.75) is 47.0 Å². The maximum atomic E-state index is 13.5. The average molecular weight is 429 g/mol. The van der Waals surface area contributed by atoms with Gasteiger partial charge in [-0.3, -0.25) is 4.57 Å². The highest BCUT2D eigenvalue weighted by Crippen LogP contribution is 2.49. The third-order valence-corrected chi connectivity index (χ3v) is 6.11. The lowest BCUT2D eigenvalue weighted by atomic mass is 10.1. The molecule has 0 saturated carbocycles. The van der Waals surface area contributed by atoms with Gasteiger partial charge in [0.25, 0.3) is 0 Å². The summed E-state index contributed by atoms with van der Waals surface area (Å²) in [6, 6.07) is 7.24. The van der Waals surface area contributed by atoms with Crippen molar-refractivity contribution >= 4 is 30.5 Å². The van der Waals surface area contributed by atoms with Crippen LogP contribution in [0, 0.1) is 5.92 Å². The molecule has 2 aromatic rings. The largest absolute Gasteiger partial charge is 0.420 e. The molecular formula is C20H30ClN2O4P. The van der Waals surface area contributed by atoms with Crippen LogP contribution in [0.3, 0.4) is 0 Å². The first-order valence-corrected chi connectivity index (χ1v) is 11.7. The van der Waals surface area contributed by atoms with Crippen molar-refractivity contribution in [3.8, 4) is 11.5 Å². The number of benzene rings is 1. The molecule has 1 N–H and O–H groups in total. The van der Waals surface area contributed by atoms with Crippen LogP contribution in [0.2, 0.25) is 5.02 Å². The van der Waals surface area contributed by atoms with Gasteiger partial charge in [0.15, 0.2) is 0 Å². The summed E-state index contributed by atoms with van der Waals surface area (Å²) in [5.74, 6) is 1.11. The van der Waals surface area contributed by atoms with Gasteiger partial charge in [0.05, 0.1) is 23.8 Å². The Labute approximate surface area is 172 Å². The van der Waals surface area contributed by atoms with E-state index in [1.807, 2.05) is 26.0 Å². The topological polar surface area (TPSA) is 73.6 Å². The van der Waals surface area contributed by atoms with Gasteiger partial charge in [-0.2, -0.15) is 4.98 Å². The zero-order chi connectivity index (χ0) is 20.6. The Hall–Kier alpha value is -1.33. The normalized spacial score (nSPS) is 11.9. The summed E-state index contributed by atoms with van der Waals surface area (Å²) in [7, 11) is -3.63. The van der Waals surface area contributed by atoms with Gasteiger partial charge in [-0.15, -0.1) is 0 Å². The lowest BCUT2D eigenvalue weighted by molar-refractivity contribution is 0.213. The number of nitrogens with one attached hydrogen (secondary N) is 1. The monoisotopic (exact) mass is 428 g/mol. The highest BCUT2D eigenvalue weighted by atomic mass is 35.5. The molecule has 0 bridgehead atoms. The van der Waals surface area contributed by atoms with Gasteiger partial charge in [-0.25, -0.2) is 0 Å². The quantitative estimate of drug-likeness (QED) is 0.410. The number of hydrogen-bond donors (Lipinski definition) is 1. The Morgan fingerprint density at radius 2 is 1.82 bits per heavy atom. The predicted octanol–water partition coefficient (Wildman–Crippen LogP) is 6.12. The molecule has 0 amide bonds. The van der Waals surface area contributed by atoms with Gasteiger partial charge >= 0.3 is 7.60 Å². The second-order valence-corrected chi connectivity index (χ2v) is 9.27. The lowest BCUT2D eigenvalue weighted by Gasteiger charge is -2.17. The van der Waals surface area contributed by atoms with E-state index in [9.17, 15) is 4.57 Å². The van der Waals surface area contributed by atoms with Gasteiger partial charge in [-0.05, 0) is 37.3 Å². The van der Waals surface area contributed by atoms with Crippen molar-refractivity contribution in [3.63, 3.8) is 0 Å². The van der Waals surface area contributed by atoms with Crippen molar-refractivity contribution < 1.29 is 18.0 Å². The number of hydrogen-bond acceptors (Lipinski definition) is 6. The van der Waals surface area contributed by atoms with Crippen molar-refractivity contribution in [1.82, 2.24) is 4.98 Å². The van der Waals surface area contributed by atoms with E-state index >= 15 is 0 Å². The van der Waals surface area contributed by atoms with Gasteiger partial charge < -0.3 is 18.8 Å². The molecule has 0 aliphatic carbocycles. The van der Waals surface area contributed by atoms with Crippen LogP contribution in [0.1, 0.15) is 47.0 Å². The fourth-order valence-corrected chi connectivity index (χ4v) is 4.39. The second kappa shape index (κ2) is 11.0. The number of aromatic nitrogens is 1. The molecule has 1 aromatic carbocycles. The molecular weight excluding hydrogens is 399 g/mol. The van der Waals surface area contributed by atoms with Crippen molar-refractivity contribution in [1.29, 1.82) is 0 Å². The number of anilines is 1. The average Bonchev–Trinajstić information content (AvgIpc) is 3.09. The minimum atomic E-state index is -3.63. The number of nitrogens with zero attached hydrogens (tertiary/aromatic N) is 1. The predicted molar refractivity (Wildman–Crippen MR) is 115 cm³/mol. The molecule has 0 unspecified atom stereocenters. The third kappa shape index (κ3) is 6.08. The highest BCUT2D eigenvalue weighted by molar-refractivity contribution is 7.62. The van der Waals surface area contributed by atoms with E-state index in [2.05, 4.69) is 24.1 Å². The Morgan fingerprint density at radius 3 is 2.39 bits per heavy atom. The minimum absolute atomic E-state index is 0.174. The molecule has 0 saturated heterocycles.